The molecule has 0 radical (unpaired) electrons. The largest absolute Gasteiger partial charge is 0.369 e. The molecule has 0 aliphatic carbocycles. The van der Waals surface area contributed by atoms with Gasteiger partial charge in [-0.2, -0.15) is 0 Å². The lowest BCUT2D eigenvalue weighted by Gasteiger charge is -2.38. The Morgan fingerprint density at radius 1 is 1.10 bits per heavy atom. The molecule has 2 heterocycles. The van der Waals surface area contributed by atoms with Gasteiger partial charge in [0.25, 0.3) is 5.91 Å². The molecule has 1 N–H and O–H groups in total. The van der Waals surface area contributed by atoms with E-state index in [-0.39, 0.29) is 18.4 Å². The van der Waals surface area contributed by atoms with Gasteiger partial charge in [0.05, 0.1) is 6.54 Å². The molecule has 2 amide bonds. The minimum absolute atomic E-state index is 0.0344. The average Bonchev–Trinajstić information content (AvgIpc) is 2.73. The van der Waals surface area contributed by atoms with Gasteiger partial charge in [-0.25, -0.2) is 4.98 Å². The Hall–Kier alpha value is -2.93. The highest BCUT2D eigenvalue weighted by atomic mass is 16.2. The number of hydrogen-bond acceptors (Lipinski definition) is 5. The summed E-state index contributed by atoms with van der Waals surface area (Å²) in [6.07, 6.45) is 1.64. The number of aryl methyl sites for hydroxylation is 1. The van der Waals surface area contributed by atoms with Gasteiger partial charge < -0.3 is 15.1 Å². The van der Waals surface area contributed by atoms with Crippen LogP contribution in [0.5, 0.6) is 0 Å². The molecule has 0 unspecified atom stereocenters. The van der Waals surface area contributed by atoms with Crippen LogP contribution in [0, 0.1) is 6.92 Å². The Morgan fingerprint density at radius 2 is 1.77 bits per heavy atom. The topological polar surface area (TPSA) is 68.8 Å². The van der Waals surface area contributed by atoms with Crippen molar-refractivity contribution >= 4 is 23.3 Å². The Morgan fingerprint density at radius 3 is 2.37 bits per heavy atom. The van der Waals surface area contributed by atoms with Crippen LogP contribution in [-0.2, 0) is 4.79 Å². The molecule has 1 fully saturated rings. The fraction of sp³-hybridized carbons (Fsp3) is 0.435. The van der Waals surface area contributed by atoms with Crippen molar-refractivity contribution in [3.63, 3.8) is 0 Å². The second kappa shape index (κ2) is 9.71. The van der Waals surface area contributed by atoms with E-state index in [9.17, 15) is 9.59 Å². The van der Waals surface area contributed by atoms with E-state index in [0.29, 0.717) is 17.4 Å². The highest BCUT2D eigenvalue weighted by Crippen LogP contribution is 2.19. The van der Waals surface area contributed by atoms with E-state index in [2.05, 4.69) is 33.9 Å². The number of piperazine rings is 1. The van der Waals surface area contributed by atoms with Crippen molar-refractivity contribution in [2.45, 2.75) is 26.8 Å². The predicted molar refractivity (Wildman–Crippen MR) is 120 cm³/mol. The van der Waals surface area contributed by atoms with E-state index < -0.39 is 0 Å². The number of amides is 2. The third-order valence-corrected chi connectivity index (χ3v) is 5.43. The SMILES string of the molecule is Cc1ccnc(NC(=O)CN(C)C(=O)c2ccc(N3CCN(C(C)C)CC3)cc2)c1. The highest BCUT2D eigenvalue weighted by Gasteiger charge is 2.20. The van der Waals surface area contributed by atoms with Gasteiger partial charge in [0.2, 0.25) is 5.91 Å². The monoisotopic (exact) mass is 409 g/mol. The number of rotatable bonds is 6. The molecule has 7 heteroatoms. The van der Waals surface area contributed by atoms with Crippen LogP contribution in [0.1, 0.15) is 29.8 Å². The molecule has 1 aromatic heterocycles. The summed E-state index contributed by atoms with van der Waals surface area (Å²) >= 11 is 0. The molecule has 7 nitrogen and oxygen atoms in total. The third kappa shape index (κ3) is 5.57. The van der Waals surface area contributed by atoms with Gasteiger partial charge in [0.1, 0.15) is 5.82 Å². The van der Waals surface area contributed by atoms with Gasteiger partial charge in [-0.1, -0.05) is 0 Å². The second-order valence-electron chi connectivity index (χ2n) is 8.09. The molecule has 0 bridgehead atoms. The van der Waals surface area contributed by atoms with Gasteiger partial charge in [-0.3, -0.25) is 14.5 Å². The summed E-state index contributed by atoms with van der Waals surface area (Å²) < 4.78 is 0. The number of carbonyl (C=O) groups is 2. The molecule has 0 atom stereocenters. The van der Waals surface area contributed by atoms with Crippen molar-refractivity contribution in [3.05, 3.63) is 53.7 Å². The number of anilines is 2. The number of nitrogens with zero attached hydrogens (tertiary/aromatic N) is 4. The quantitative estimate of drug-likeness (QED) is 0.794. The molecule has 1 saturated heterocycles. The maximum absolute atomic E-state index is 12.7. The zero-order valence-electron chi connectivity index (χ0n) is 18.3. The fourth-order valence-corrected chi connectivity index (χ4v) is 3.61. The number of likely N-dealkylation sites (N-methyl/N-ethyl adjacent to an activating group) is 1. The summed E-state index contributed by atoms with van der Waals surface area (Å²) in [5, 5.41) is 2.73. The summed E-state index contributed by atoms with van der Waals surface area (Å²) in [6.45, 7) is 10.4. The first-order valence-corrected chi connectivity index (χ1v) is 10.4. The summed E-state index contributed by atoms with van der Waals surface area (Å²) in [6, 6.07) is 11.9. The Balaban J connectivity index is 1.54. The molecule has 2 aromatic rings. The Labute approximate surface area is 178 Å². The summed E-state index contributed by atoms with van der Waals surface area (Å²) in [5.74, 6) is 0.0323. The van der Waals surface area contributed by atoms with Crippen LogP contribution in [0.2, 0.25) is 0 Å². The van der Waals surface area contributed by atoms with E-state index in [1.165, 1.54) is 4.90 Å². The molecular weight excluding hydrogens is 378 g/mol. The number of benzene rings is 1. The molecule has 1 aliphatic heterocycles. The maximum atomic E-state index is 12.7. The normalized spacial score (nSPS) is 14.6. The number of carbonyl (C=O) groups excluding carboxylic acids is 2. The van der Waals surface area contributed by atoms with Crippen LogP contribution < -0.4 is 10.2 Å². The van der Waals surface area contributed by atoms with E-state index >= 15 is 0 Å². The van der Waals surface area contributed by atoms with Gasteiger partial charge >= 0.3 is 0 Å². The minimum atomic E-state index is -0.274. The van der Waals surface area contributed by atoms with E-state index in [4.69, 9.17) is 0 Å². The number of hydrogen-bond donors (Lipinski definition) is 1. The molecule has 3 rings (SSSR count). The van der Waals surface area contributed by atoms with Crippen molar-refractivity contribution < 1.29 is 9.59 Å². The summed E-state index contributed by atoms with van der Waals surface area (Å²) in [5.41, 5.74) is 2.71. The van der Waals surface area contributed by atoms with Gasteiger partial charge in [-0.15, -0.1) is 0 Å². The molecule has 0 saturated carbocycles. The molecular formula is C23H31N5O2. The van der Waals surface area contributed by atoms with Crippen LogP contribution >= 0.6 is 0 Å². The first-order valence-electron chi connectivity index (χ1n) is 10.4. The zero-order chi connectivity index (χ0) is 21.7. The predicted octanol–water partition coefficient (Wildman–Crippen LogP) is 2.63. The fourth-order valence-electron chi connectivity index (χ4n) is 3.61. The minimum Gasteiger partial charge on any atom is -0.369 e. The van der Waals surface area contributed by atoms with Gasteiger partial charge in [0.15, 0.2) is 0 Å². The maximum Gasteiger partial charge on any atom is 0.254 e. The highest BCUT2D eigenvalue weighted by molar-refractivity contribution is 5.99. The smallest absolute Gasteiger partial charge is 0.254 e. The van der Waals surface area contributed by atoms with Crippen molar-refractivity contribution in [2.24, 2.45) is 0 Å². The molecule has 1 aliphatic rings. The molecule has 1 aromatic carbocycles. The third-order valence-electron chi connectivity index (χ3n) is 5.43. The van der Waals surface area contributed by atoms with Crippen molar-refractivity contribution in [2.75, 3.05) is 50.0 Å². The summed E-state index contributed by atoms with van der Waals surface area (Å²) in [7, 11) is 1.63. The number of pyridine rings is 1. The number of aromatic nitrogens is 1. The standard InChI is InChI=1S/C23H31N5O2/c1-17(2)27-11-13-28(14-12-27)20-7-5-19(6-8-20)23(30)26(4)16-22(29)25-21-15-18(3)9-10-24-21/h5-10,15,17H,11-14,16H2,1-4H3,(H,24,25,29). The van der Waals surface area contributed by atoms with Crippen LogP contribution in [0.4, 0.5) is 11.5 Å². The van der Waals surface area contributed by atoms with Crippen LogP contribution in [0.25, 0.3) is 0 Å². The Kier molecular flexibility index (Phi) is 7.05. The molecule has 0 spiro atoms. The lowest BCUT2D eigenvalue weighted by molar-refractivity contribution is -0.116. The lowest BCUT2D eigenvalue weighted by Crippen LogP contribution is -2.48. The van der Waals surface area contributed by atoms with Crippen LogP contribution in [-0.4, -0.2) is 72.4 Å². The average molecular weight is 410 g/mol. The zero-order valence-corrected chi connectivity index (χ0v) is 18.3. The summed E-state index contributed by atoms with van der Waals surface area (Å²) in [4.78, 5) is 35.3. The van der Waals surface area contributed by atoms with Crippen LogP contribution in [0.15, 0.2) is 42.6 Å². The van der Waals surface area contributed by atoms with E-state index in [0.717, 1.165) is 37.4 Å². The first kappa shape index (κ1) is 21.8. The lowest BCUT2D eigenvalue weighted by atomic mass is 10.1. The molecule has 30 heavy (non-hydrogen) atoms. The van der Waals surface area contributed by atoms with E-state index in [1.54, 1.807) is 19.3 Å². The van der Waals surface area contributed by atoms with Crippen molar-refractivity contribution in [3.8, 4) is 0 Å². The van der Waals surface area contributed by atoms with Crippen LogP contribution in [0.3, 0.4) is 0 Å². The van der Waals surface area contributed by atoms with Gasteiger partial charge in [-0.05, 0) is 62.7 Å². The van der Waals surface area contributed by atoms with Gasteiger partial charge in [0, 0.05) is 56.7 Å². The first-order chi connectivity index (χ1) is 14.3. The number of nitrogens with one attached hydrogen (secondary N) is 1. The van der Waals surface area contributed by atoms with Crippen molar-refractivity contribution in [1.82, 2.24) is 14.8 Å². The Bertz CT molecular complexity index is 873. The van der Waals surface area contributed by atoms with Crippen molar-refractivity contribution in [1.29, 1.82) is 0 Å². The molecule has 160 valence electrons. The van der Waals surface area contributed by atoms with E-state index in [1.807, 2.05) is 37.3 Å². The second-order valence-corrected chi connectivity index (χ2v) is 8.09.